The van der Waals surface area contributed by atoms with Crippen LogP contribution in [0.3, 0.4) is 0 Å². The van der Waals surface area contributed by atoms with Crippen LogP contribution in [-0.4, -0.2) is 16.9 Å². The first-order valence-corrected chi connectivity index (χ1v) is 6.96. The summed E-state index contributed by atoms with van der Waals surface area (Å²) in [5.41, 5.74) is 7.95. The van der Waals surface area contributed by atoms with Crippen molar-refractivity contribution in [1.29, 1.82) is 0 Å². The van der Waals surface area contributed by atoms with Gasteiger partial charge >= 0.3 is 0 Å². The largest absolute Gasteiger partial charge is 0.493 e. The molecular weight excluding hydrogens is 360 g/mol. The number of methoxy groups -OCH3 is 1. The number of benzene rings is 1. The maximum Gasteiger partial charge on any atom is 0.161 e. The first kappa shape index (κ1) is 14.3. The summed E-state index contributed by atoms with van der Waals surface area (Å²) < 4.78 is 21.0. The number of hydrogen-bond donors (Lipinski definition) is 1. The number of halogens is 2. The molecule has 1 unspecified atom stereocenters. The second kappa shape index (κ2) is 5.87. The third-order valence-electron chi connectivity index (χ3n) is 2.96. The summed E-state index contributed by atoms with van der Waals surface area (Å²) in [6.45, 7) is 2.68. The molecule has 0 aliphatic rings. The summed E-state index contributed by atoms with van der Waals surface area (Å²) in [4.78, 5) is 0. The molecule has 0 amide bonds. The Kier molecular flexibility index (Phi) is 4.41. The monoisotopic (exact) mass is 375 g/mol. The van der Waals surface area contributed by atoms with Gasteiger partial charge in [0.25, 0.3) is 0 Å². The zero-order chi connectivity index (χ0) is 14.0. The number of nitrogens with two attached hydrogens (primary N) is 1. The van der Waals surface area contributed by atoms with E-state index >= 15 is 0 Å². The van der Waals surface area contributed by atoms with Gasteiger partial charge in [-0.2, -0.15) is 5.10 Å². The number of ether oxygens (including phenoxy) is 1. The zero-order valence-electron chi connectivity index (χ0n) is 10.7. The third kappa shape index (κ3) is 2.74. The predicted octanol–water partition coefficient (Wildman–Crippen LogP) is 2.70. The molecule has 19 heavy (non-hydrogen) atoms. The van der Waals surface area contributed by atoms with Crippen molar-refractivity contribution >= 4 is 22.6 Å². The van der Waals surface area contributed by atoms with Gasteiger partial charge in [0.15, 0.2) is 5.75 Å². The molecule has 0 aliphatic heterocycles. The Morgan fingerprint density at radius 1 is 1.53 bits per heavy atom. The molecule has 1 atom stereocenters. The van der Waals surface area contributed by atoms with Crippen LogP contribution in [0.2, 0.25) is 0 Å². The van der Waals surface area contributed by atoms with E-state index in [0.29, 0.717) is 12.3 Å². The Balaban J connectivity index is 2.48. The van der Waals surface area contributed by atoms with Crippen LogP contribution >= 0.6 is 22.6 Å². The van der Waals surface area contributed by atoms with E-state index in [1.807, 2.05) is 6.92 Å². The maximum absolute atomic E-state index is 13.2. The van der Waals surface area contributed by atoms with E-state index < -0.39 is 6.04 Å². The van der Waals surface area contributed by atoms with Crippen molar-refractivity contribution in [2.75, 3.05) is 7.11 Å². The quantitative estimate of drug-likeness (QED) is 0.837. The highest BCUT2D eigenvalue weighted by Gasteiger charge is 2.21. The normalized spacial score (nSPS) is 12.5. The molecule has 102 valence electrons. The van der Waals surface area contributed by atoms with Gasteiger partial charge in [0.2, 0.25) is 0 Å². The molecular formula is C13H15FIN3O. The van der Waals surface area contributed by atoms with Crippen molar-refractivity contribution in [2.45, 2.75) is 19.5 Å². The summed E-state index contributed by atoms with van der Waals surface area (Å²) in [7, 11) is 1.59. The lowest BCUT2D eigenvalue weighted by atomic mass is 10.0. The second-order valence-electron chi connectivity index (χ2n) is 4.06. The van der Waals surface area contributed by atoms with E-state index in [2.05, 4.69) is 27.7 Å². The molecule has 0 aliphatic carbocycles. The molecule has 1 heterocycles. The Morgan fingerprint density at radius 2 is 2.26 bits per heavy atom. The minimum atomic E-state index is -0.398. The molecule has 0 spiro atoms. The van der Waals surface area contributed by atoms with Gasteiger partial charge in [0.1, 0.15) is 11.5 Å². The van der Waals surface area contributed by atoms with Crippen molar-refractivity contribution in [3.63, 3.8) is 0 Å². The van der Waals surface area contributed by atoms with Crippen LogP contribution in [0.4, 0.5) is 4.39 Å². The van der Waals surface area contributed by atoms with Crippen molar-refractivity contribution in [1.82, 2.24) is 9.78 Å². The SMILES string of the molecule is CCn1ncc(OC)c1C(N)c1ccc(F)cc1I. The maximum atomic E-state index is 13.2. The smallest absolute Gasteiger partial charge is 0.161 e. The molecule has 0 saturated carbocycles. The second-order valence-corrected chi connectivity index (χ2v) is 5.22. The fourth-order valence-corrected chi connectivity index (χ4v) is 2.81. The fraction of sp³-hybridized carbons (Fsp3) is 0.308. The lowest BCUT2D eigenvalue weighted by Gasteiger charge is -2.17. The molecule has 0 fully saturated rings. The lowest BCUT2D eigenvalue weighted by molar-refractivity contribution is 0.404. The van der Waals surface area contributed by atoms with Crippen molar-refractivity contribution < 1.29 is 9.13 Å². The summed E-state index contributed by atoms with van der Waals surface area (Å²) >= 11 is 2.08. The van der Waals surface area contributed by atoms with Crippen LogP contribution in [-0.2, 0) is 6.54 Å². The van der Waals surface area contributed by atoms with Gasteiger partial charge in [-0.05, 0) is 47.2 Å². The van der Waals surface area contributed by atoms with E-state index in [1.165, 1.54) is 12.1 Å². The lowest BCUT2D eigenvalue weighted by Crippen LogP contribution is -2.19. The number of nitrogens with zero attached hydrogens (tertiary/aromatic N) is 2. The standard InChI is InChI=1S/C13H15FIN3O/c1-3-18-13(11(19-2)7-17-18)12(16)9-5-4-8(14)6-10(9)15/h4-7,12H,3,16H2,1-2H3. The summed E-state index contributed by atoms with van der Waals surface area (Å²) in [6, 6.07) is 4.18. The van der Waals surface area contributed by atoms with Crippen LogP contribution in [0.5, 0.6) is 5.75 Å². The first-order valence-electron chi connectivity index (χ1n) is 5.88. The molecule has 2 rings (SSSR count). The van der Waals surface area contributed by atoms with Gasteiger partial charge in [0.05, 0.1) is 19.3 Å². The molecule has 0 radical (unpaired) electrons. The van der Waals surface area contributed by atoms with Gasteiger partial charge in [-0.3, -0.25) is 4.68 Å². The van der Waals surface area contributed by atoms with E-state index in [1.54, 1.807) is 24.1 Å². The molecule has 0 saturated heterocycles. The average molecular weight is 375 g/mol. The van der Waals surface area contributed by atoms with E-state index in [9.17, 15) is 4.39 Å². The van der Waals surface area contributed by atoms with Crippen LogP contribution in [0.15, 0.2) is 24.4 Å². The molecule has 4 nitrogen and oxygen atoms in total. The van der Waals surface area contributed by atoms with Crippen molar-refractivity contribution in [3.8, 4) is 5.75 Å². The Morgan fingerprint density at radius 3 is 2.84 bits per heavy atom. The predicted molar refractivity (Wildman–Crippen MR) is 79.6 cm³/mol. The van der Waals surface area contributed by atoms with Crippen LogP contribution in [0.1, 0.15) is 24.2 Å². The van der Waals surface area contributed by atoms with Crippen molar-refractivity contribution in [3.05, 3.63) is 45.0 Å². The molecule has 2 aromatic rings. The minimum Gasteiger partial charge on any atom is -0.493 e. The van der Waals surface area contributed by atoms with E-state index in [-0.39, 0.29) is 5.82 Å². The highest BCUT2D eigenvalue weighted by molar-refractivity contribution is 14.1. The number of hydrogen-bond acceptors (Lipinski definition) is 3. The molecule has 6 heteroatoms. The van der Waals surface area contributed by atoms with Gasteiger partial charge in [-0.25, -0.2) is 4.39 Å². The highest BCUT2D eigenvalue weighted by atomic mass is 127. The van der Waals surface area contributed by atoms with Crippen LogP contribution < -0.4 is 10.5 Å². The van der Waals surface area contributed by atoms with Gasteiger partial charge in [0, 0.05) is 10.1 Å². The van der Waals surface area contributed by atoms with Gasteiger partial charge in [-0.15, -0.1) is 0 Å². The van der Waals surface area contributed by atoms with E-state index in [4.69, 9.17) is 10.5 Å². The minimum absolute atomic E-state index is 0.267. The Hall–Kier alpha value is -1.15. The summed E-state index contributed by atoms with van der Waals surface area (Å²) in [5.74, 6) is 0.380. The molecule has 2 N–H and O–H groups in total. The summed E-state index contributed by atoms with van der Waals surface area (Å²) in [6.07, 6.45) is 1.65. The molecule has 1 aromatic heterocycles. The van der Waals surface area contributed by atoms with Crippen molar-refractivity contribution in [2.24, 2.45) is 5.73 Å². The van der Waals surface area contributed by atoms with Crippen LogP contribution in [0.25, 0.3) is 0 Å². The molecule has 0 bridgehead atoms. The van der Waals surface area contributed by atoms with E-state index in [0.717, 1.165) is 14.8 Å². The van der Waals surface area contributed by atoms with Crippen LogP contribution in [0, 0.1) is 9.39 Å². The number of aryl methyl sites for hydroxylation is 1. The Bertz CT molecular complexity index is 564. The van der Waals surface area contributed by atoms with Gasteiger partial charge in [-0.1, -0.05) is 6.07 Å². The number of rotatable bonds is 4. The third-order valence-corrected chi connectivity index (χ3v) is 3.89. The first-order chi connectivity index (χ1) is 9.08. The summed E-state index contributed by atoms with van der Waals surface area (Å²) in [5, 5.41) is 4.23. The topological polar surface area (TPSA) is 53.1 Å². The zero-order valence-corrected chi connectivity index (χ0v) is 12.9. The van der Waals surface area contributed by atoms with Gasteiger partial charge < -0.3 is 10.5 Å². The highest BCUT2D eigenvalue weighted by Crippen LogP contribution is 2.30. The average Bonchev–Trinajstić information content (AvgIpc) is 2.80. The molecule has 1 aromatic carbocycles. The number of aromatic nitrogens is 2. The Labute approximate surface area is 124 Å². The fourth-order valence-electron chi connectivity index (χ4n) is 2.00.